The molecule has 0 aromatic carbocycles. The van der Waals surface area contributed by atoms with Crippen molar-refractivity contribution in [3.63, 3.8) is 0 Å². The Kier molecular flexibility index (Phi) is 66700. The van der Waals surface area contributed by atoms with Crippen LogP contribution in [0.5, 0.6) is 0 Å². The Bertz CT molecular complexity index is 81.2. The molecule has 6 nitrogen and oxygen atoms in total. The molecule has 0 fully saturated rings. The molecule has 0 aromatic heterocycles. The van der Waals surface area contributed by atoms with Crippen molar-refractivity contribution in [3.05, 3.63) is 0 Å². The first kappa shape index (κ1) is 53.4. The van der Waals surface area contributed by atoms with Crippen molar-refractivity contribution in [2.24, 2.45) is 0 Å². The first-order valence-corrected chi connectivity index (χ1v) is 2.28. The Labute approximate surface area is 102 Å². The smallest absolute Gasteiger partial charge is 0.106 e. The van der Waals surface area contributed by atoms with Crippen molar-refractivity contribution in [3.8, 4) is 5.40 Å². The van der Waals surface area contributed by atoms with Crippen LogP contribution in [0.4, 0.5) is 0 Å². The van der Waals surface area contributed by atoms with Gasteiger partial charge in [-0.1, -0.05) is 5.40 Å². The second kappa shape index (κ2) is 17500. The summed E-state index contributed by atoms with van der Waals surface area (Å²) in [6.07, 6.45) is 0. The van der Waals surface area contributed by atoms with E-state index in [2.05, 4.69) is 12.6 Å². The van der Waals surface area contributed by atoms with Gasteiger partial charge >= 0.3 is 0 Å². The molecule has 0 aliphatic rings. The molecule has 0 rings (SSSR count). The fourth-order valence-corrected chi connectivity index (χ4v) is 0. The summed E-state index contributed by atoms with van der Waals surface area (Å²) in [7, 11) is 0. The number of nitriles is 1. The first-order valence-electron chi connectivity index (χ1n) is 1.87. The van der Waals surface area contributed by atoms with E-state index in [-0.39, 0.29) is 20.4 Å². The Balaban J connectivity index is -0.00000000838. The van der Waals surface area contributed by atoms with Gasteiger partial charge in [-0.3, -0.25) is 0 Å². The van der Waals surface area contributed by atoms with Crippen molar-refractivity contribution in [2.45, 2.75) is 0 Å². The predicted molar refractivity (Wildman–Crippen MR) is 48.6 cm³/mol. The molecule has 0 unspecified atom stereocenters. The van der Waals surface area contributed by atoms with Crippen LogP contribution in [0.1, 0.15) is 0 Å². The number of hydrogen-bond donors (Lipinski definition) is 0. The molecular weight excluding hydrogens is 384 g/mol. The average molecular weight is 394 g/mol. The van der Waals surface area contributed by atoms with Crippen LogP contribution in [0.15, 0.2) is 0 Å². The summed E-state index contributed by atoms with van der Waals surface area (Å²) in [6, 6.07) is 0. The molecule has 0 saturated heterocycles. The van der Waals surface area contributed by atoms with Crippen LogP contribution >= 0.6 is 0 Å². The molecule has 14 heavy (non-hydrogen) atoms. The van der Waals surface area contributed by atoms with E-state index >= 15 is 0 Å². The third-order valence-corrected chi connectivity index (χ3v) is 0. The van der Waals surface area contributed by atoms with Gasteiger partial charge in [0.1, 0.15) is 33.9 Å². The van der Waals surface area contributed by atoms with Gasteiger partial charge in [0, 0.05) is 20.4 Å². The van der Waals surface area contributed by atoms with Crippen molar-refractivity contribution in [1.82, 2.24) is 0 Å². The zero-order valence-electron chi connectivity index (χ0n) is 7.31. The topological polar surface area (TPSA) is 109 Å². The van der Waals surface area contributed by atoms with Crippen LogP contribution in [0.25, 0.3) is 0 Å². The Hall–Kier alpha value is -1.28. The van der Waals surface area contributed by atoms with Crippen LogP contribution in [0.2, 0.25) is 0 Å². The predicted octanol–water partition coefficient (Wildman–Crippen LogP) is -0.913. The molecule has 0 spiro atoms. The third kappa shape index (κ3) is 621. The van der Waals surface area contributed by atoms with Gasteiger partial charge in [0.25, 0.3) is 0 Å². The van der Waals surface area contributed by atoms with Gasteiger partial charge in [0.05, 0.1) is 0 Å². The van der Waals surface area contributed by atoms with Crippen molar-refractivity contribution < 1.29 is 44.4 Å². The van der Waals surface area contributed by atoms with Gasteiger partial charge in [-0.2, -0.15) is 0 Å². The summed E-state index contributed by atoms with van der Waals surface area (Å²) >= 11 is 3.70. The van der Waals surface area contributed by atoms with Crippen LogP contribution in [-0.2, 0) is 57.0 Å². The van der Waals surface area contributed by atoms with Crippen molar-refractivity contribution >= 4 is 46.6 Å². The van der Waals surface area contributed by atoms with Gasteiger partial charge in [-0.15, -0.1) is 0 Å². The van der Waals surface area contributed by atoms with E-state index in [1.165, 1.54) is 5.40 Å². The molecule has 0 aromatic rings. The summed E-state index contributed by atoms with van der Waals surface area (Å²) in [5.74, 6) is 0. The largest absolute Gasteiger partial charge is 0.696 e. The maximum atomic E-state index is 8.00. The molecule has 0 aliphatic carbocycles. The van der Waals surface area contributed by atoms with E-state index in [1.807, 2.05) is 33.9 Å². The Morgan fingerprint density at radius 3 is 0.714 bits per heavy atom. The summed E-state index contributed by atoms with van der Waals surface area (Å²) in [5, 5.41) is 8.47. The summed E-state index contributed by atoms with van der Waals surface area (Å²) in [4.78, 5) is 40.0. The minimum atomic E-state index is 0. The van der Waals surface area contributed by atoms with E-state index < -0.39 is 0 Å². The van der Waals surface area contributed by atoms with Crippen LogP contribution in [0.3, 0.4) is 0 Å². The minimum absolute atomic E-state index is 0. The maximum Gasteiger partial charge on any atom is 0.106 e. The number of rotatable bonds is 0. The van der Waals surface area contributed by atoms with Gasteiger partial charge in [-0.05, 0) is 0 Å². The van der Waals surface area contributed by atoms with E-state index in [0.717, 1.165) is 0 Å². The average Bonchev–Trinajstić information content (AvgIpc) is 2.32. The van der Waals surface area contributed by atoms with E-state index in [0.29, 0.717) is 0 Å². The molecule has 0 atom stereocenters. The van der Waals surface area contributed by atoms with E-state index in [1.54, 1.807) is 0 Å². The Morgan fingerprint density at radius 1 is 0.714 bits per heavy atom. The number of hydrogen-bond acceptors (Lipinski definition) is 7. The third-order valence-electron chi connectivity index (χ3n) is 0. The molecule has 8 heteroatoms. The molecule has 83 valence electrons. The fourth-order valence-electron chi connectivity index (χ4n) is 0. The minimum Gasteiger partial charge on any atom is -0.696 e. The maximum absolute atomic E-state index is 8.00. The van der Waals surface area contributed by atoms with Crippen molar-refractivity contribution in [1.29, 1.82) is 5.26 Å². The zero-order valence-corrected chi connectivity index (χ0v) is 10.8. The molecule has 0 heterocycles. The normalized spacial score (nSPS) is 1.93. The summed E-state index contributed by atoms with van der Waals surface area (Å²) < 4.78 is 0. The van der Waals surface area contributed by atoms with Crippen molar-refractivity contribution in [2.75, 3.05) is 0 Å². The molecule has 0 saturated carbocycles. The van der Waals surface area contributed by atoms with E-state index in [4.69, 9.17) is 29.2 Å². The molecule has 0 aliphatic heterocycles. The monoisotopic (exact) mass is 395 g/mol. The number of nitrogens with zero attached hydrogens (tertiary/aromatic N) is 1. The zero-order chi connectivity index (χ0) is 12.7. The van der Waals surface area contributed by atoms with Crippen LogP contribution < -0.4 is 0 Å². The quantitative estimate of drug-likeness (QED) is 0.386. The van der Waals surface area contributed by atoms with Crippen LogP contribution in [-0.4, -0.2) is 33.9 Å². The second-order valence-corrected chi connectivity index (χ2v) is 0.274. The second-order valence-electron chi connectivity index (χ2n) is 0.0913. The SMILES string of the molecule is C=O.C=O.C=O.C=O.C=O.N#C[S-].[Re]. The summed E-state index contributed by atoms with van der Waals surface area (Å²) in [5.41, 5.74) is 0. The van der Waals surface area contributed by atoms with Gasteiger partial charge in [0.15, 0.2) is 0 Å². The number of carbonyl (C=O) groups is 5. The summed E-state index contributed by atoms with van der Waals surface area (Å²) in [6.45, 7) is 10.0. The standard InChI is InChI=1S/CHNS.5CH2O.Re/c2-1-3;5*1-2;/h3H;5*1H2;/p-1. The van der Waals surface area contributed by atoms with Gasteiger partial charge in [-0.25, -0.2) is 5.26 Å². The van der Waals surface area contributed by atoms with Gasteiger partial charge in [0.2, 0.25) is 0 Å². The van der Waals surface area contributed by atoms with Gasteiger partial charge < -0.3 is 36.6 Å². The molecular formula is C6H10NO5ReS-. The Morgan fingerprint density at radius 2 is 0.714 bits per heavy atom. The molecule has 0 bridgehead atoms. The number of thiocyanates is 1. The van der Waals surface area contributed by atoms with Crippen LogP contribution in [0, 0.1) is 10.7 Å². The molecule has 1 radical (unpaired) electrons. The molecule has 0 amide bonds. The molecule has 0 N–H and O–H groups in total. The fraction of sp³-hybridized carbons (Fsp3) is 0. The first-order chi connectivity index (χ1) is 6.41. The number of carbonyl (C=O) groups excluding carboxylic acids is 5. The van der Waals surface area contributed by atoms with E-state index in [9.17, 15) is 0 Å².